The first-order valence-electron chi connectivity index (χ1n) is 12.5. The maximum atomic E-state index is 13.5. The van der Waals surface area contributed by atoms with Crippen LogP contribution in [0.1, 0.15) is 77.0 Å². The second-order valence-corrected chi connectivity index (χ2v) is 9.77. The van der Waals surface area contributed by atoms with Crippen molar-refractivity contribution in [3.63, 3.8) is 0 Å². The number of rotatable bonds is 5. The molecule has 2 saturated carbocycles. The summed E-state index contributed by atoms with van der Waals surface area (Å²) in [6.45, 7) is 1.27. The Labute approximate surface area is 199 Å². The molecule has 1 aromatic carbocycles. The van der Waals surface area contributed by atoms with Gasteiger partial charge in [-0.3, -0.25) is 4.79 Å². The van der Waals surface area contributed by atoms with Crippen molar-refractivity contribution in [3.8, 4) is 5.75 Å². The zero-order valence-electron chi connectivity index (χ0n) is 19.2. The van der Waals surface area contributed by atoms with Gasteiger partial charge in [0, 0.05) is 25.0 Å². The lowest BCUT2D eigenvalue weighted by Gasteiger charge is -2.38. The maximum absolute atomic E-state index is 13.5. The Hall–Kier alpha value is -1.75. The number of nitrogens with one attached hydrogen (secondary N) is 1. The highest BCUT2D eigenvalue weighted by Crippen LogP contribution is 2.40. The smallest absolute Gasteiger partial charge is 0.410 e. The molecule has 2 amide bonds. The van der Waals surface area contributed by atoms with Gasteiger partial charge in [-0.1, -0.05) is 56.7 Å². The highest BCUT2D eigenvalue weighted by Gasteiger charge is 2.37. The van der Waals surface area contributed by atoms with Crippen molar-refractivity contribution in [2.75, 3.05) is 13.1 Å². The molecule has 4 rings (SSSR count). The number of nitrogens with zero attached hydrogens (tertiary/aromatic N) is 1. The number of hydrogen-bond acceptors (Lipinski definition) is 3. The first-order chi connectivity index (χ1) is 15.2. The van der Waals surface area contributed by atoms with Crippen LogP contribution in [0, 0.1) is 17.8 Å². The van der Waals surface area contributed by atoms with Gasteiger partial charge in [-0.05, 0) is 62.5 Å². The topological polar surface area (TPSA) is 58.6 Å². The van der Waals surface area contributed by atoms with Crippen molar-refractivity contribution in [3.05, 3.63) is 30.3 Å². The fourth-order valence-corrected chi connectivity index (χ4v) is 5.96. The van der Waals surface area contributed by atoms with E-state index in [2.05, 4.69) is 5.32 Å². The number of hydrogen-bond donors (Lipinski definition) is 1. The lowest BCUT2D eigenvalue weighted by Crippen LogP contribution is -2.50. The third-order valence-electron chi connectivity index (χ3n) is 7.67. The van der Waals surface area contributed by atoms with Gasteiger partial charge in [0.2, 0.25) is 5.91 Å². The molecule has 0 spiro atoms. The minimum Gasteiger partial charge on any atom is -0.410 e. The minimum atomic E-state index is -0.293. The van der Waals surface area contributed by atoms with E-state index in [-0.39, 0.29) is 30.5 Å². The SMILES string of the molecule is Cl.O=C(NC1CCN(C(=O)Oc2ccccc2)CC1)C(C1CCCCC1)C1CCCCC1. The van der Waals surface area contributed by atoms with Crippen molar-refractivity contribution in [2.24, 2.45) is 17.8 Å². The Balaban J connectivity index is 0.00000289. The van der Waals surface area contributed by atoms with Crippen LogP contribution >= 0.6 is 12.4 Å². The summed E-state index contributed by atoms with van der Waals surface area (Å²) in [5, 5.41) is 3.41. The number of likely N-dealkylation sites (tertiary alicyclic amines) is 1. The number of carbonyl (C=O) groups is 2. The molecule has 5 nitrogen and oxygen atoms in total. The maximum Gasteiger partial charge on any atom is 0.415 e. The van der Waals surface area contributed by atoms with Crippen molar-refractivity contribution >= 4 is 24.4 Å². The van der Waals surface area contributed by atoms with Gasteiger partial charge in [0.15, 0.2) is 0 Å². The molecule has 1 heterocycles. The van der Waals surface area contributed by atoms with Crippen LogP contribution in [0.3, 0.4) is 0 Å². The third-order valence-corrected chi connectivity index (χ3v) is 7.67. The average molecular weight is 463 g/mol. The van der Waals surface area contributed by atoms with Crippen LogP contribution in [-0.4, -0.2) is 36.0 Å². The largest absolute Gasteiger partial charge is 0.415 e. The molecule has 1 aromatic rings. The zero-order chi connectivity index (χ0) is 21.5. The second kappa shape index (κ2) is 12.5. The van der Waals surface area contributed by atoms with Crippen LogP contribution in [0.15, 0.2) is 30.3 Å². The van der Waals surface area contributed by atoms with E-state index in [4.69, 9.17) is 4.74 Å². The van der Waals surface area contributed by atoms with Gasteiger partial charge in [0.25, 0.3) is 0 Å². The minimum absolute atomic E-state index is 0. The highest BCUT2D eigenvalue weighted by atomic mass is 35.5. The van der Waals surface area contributed by atoms with E-state index in [1.165, 1.54) is 64.2 Å². The fraction of sp³-hybridized carbons (Fsp3) is 0.692. The molecule has 2 aliphatic carbocycles. The third kappa shape index (κ3) is 6.63. The van der Waals surface area contributed by atoms with Gasteiger partial charge in [-0.15, -0.1) is 12.4 Å². The lowest BCUT2D eigenvalue weighted by atomic mass is 9.69. The van der Waals surface area contributed by atoms with Crippen LogP contribution in [-0.2, 0) is 4.79 Å². The summed E-state index contributed by atoms with van der Waals surface area (Å²) in [5.74, 6) is 2.20. The number of amides is 2. The predicted octanol–water partition coefficient (Wildman–Crippen LogP) is 5.96. The number of para-hydroxylation sites is 1. The summed E-state index contributed by atoms with van der Waals surface area (Å²) >= 11 is 0. The number of benzene rings is 1. The van der Waals surface area contributed by atoms with Crippen molar-refractivity contribution in [2.45, 2.75) is 83.1 Å². The van der Waals surface area contributed by atoms with Gasteiger partial charge in [0.05, 0.1) is 0 Å². The molecule has 0 aromatic heterocycles. The Morgan fingerprint density at radius 3 is 1.88 bits per heavy atom. The van der Waals surface area contributed by atoms with E-state index in [1.807, 2.05) is 18.2 Å². The van der Waals surface area contributed by atoms with Crippen LogP contribution < -0.4 is 10.1 Å². The predicted molar refractivity (Wildman–Crippen MR) is 129 cm³/mol. The van der Waals surface area contributed by atoms with E-state index < -0.39 is 0 Å². The van der Waals surface area contributed by atoms with Gasteiger partial charge in [-0.2, -0.15) is 0 Å². The molecule has 0 bridgehead atoms. The quantitative estimate of drug-likeness (QED) is 0.586. The Bertz CT molecular complexity index is 691. The van der Waals surface area contributed by atoms with Gasteiger partial charge < -0.3 is 15.0 Å². The number of piperidine rings is 1. The number of ether oxygens (including phenoxy) is 1. The lowest BCUT2D eigenvalue weighted by molar-refractivity contribution is -0.131. The summed E-state index contributed by atoms with van der Waals surface area (Å²) in [4.78, 5) is 27.6. The molecular weight excluding hydrogens is 424 g/mol. The summed E-state index contributed by atoms with van der Waals surface area (Å²) in [6, 6.07) is 9.38. The molecular formula is C26H39ClN2O3. The van der Waals surface area contributed by atoms with E-state index in [0.717, 1.165) is 12.8 Å². The van der Waals surface area contributed by atoms with E-state index >= 15 is 0 Å². The van der Waals surface area contributed by atoms with Crippen LogP contribution in [0.4, 0.5) is 4.79 Å². The summed E-state index contributed by atoms with van der Waals surface area (Å²) in [5.41, 5.74) is 0. The molecule has 178 valence electrons. The normalized spacial score (nSPS) is 21.1. The van der Waals surface area contributed by atoms with E-state index in [9.17, 15) is 9.59 Å². The Morgan fingerprint density at radius 2 is 1.34 bits per heavy atom. The average Bonchev–Trinajstić information content (AvgIpc) is 2.82. The van der Waals surface area contributed by atoms with Crippen molar-refractivity contribution in [1.82, 2.24) is 10.2 Å². The van der Waals surface area contributed by atoms with E-state index in [0.29, 0.717) is 36.6 Å². The van der Waals surface area contributed by atoms with Gasteiger partial charge in [-0.25, -0.2) is 4.79 Å². The second-order valence-electron chi connectivity index (χ2n) is 9.77. The van der Waals surface area contributed by atoms with Crippen molar-refractivity contribution < 1.29 is 14.3 Å². The Morgan fingerprint density at radius 1 is 0.812 bits per heavy atom. The fourth-order valence-electron chi connectivity index (χ4n) is 5.96. The van der Waals surface area contributed by atoms with Crippen LogP contribution in [0.25, 0.3) is 0 Å². The summed E-state index contributed by atoms with van der Waals surface area (Å²) in [6.07, 6.45) is 14.0. The molecule has 3 fully saturated rings. The van der Waals surface area contributed by atoms with Crippen LogP contribution in [0.2, 0.25) is 0 Å². The highest BCUT2D eigenvalue weighted by molar-refractivity contribution is 5.85. The molecule has 1 saturated heterocycles. The molecule has 0 radical (unpaired) electrons. The number of carbonyl (C=O) groups excluding carboxylic acids is 2. The van der Waals surface area contributed by atoms with Crippen molar-refractivity contribution in [1.29, 1.82) is 0 Å². The van der Waals surface area contributed by atoms with E-state index in [1.54, 1.807) is 17.0 Å². The Kier molecular flexibility index (Phi) is 9.70. The summed E-state index contributed by atoms with van der Waals surface area (Å²) < 4.78 is 5.47. The number of halogens is 1. The molecule has 1 aliphatic heterocycles. The first-order valence-corrected chi connectivity index (χ1v) is 12.5. The standard InChI is InChI=1S/C26H38N2O3.ClH/c29-25(24(20-10-4-1-5-11-20)21-12-6-2-7-13-21)27-22-16-18-28(19-17-22)26(30)31-23-14-8-3-9-15-23;/h3,8-9,14-15,20-22,24H,1-2,4-7,10-13,16-19H2,(H,27,29);1H. The molecule has 32 heavy (non-hydrogen) atoms. The molecule has 0 atom stereocenters. The zero-order valence-corrected chi connectivity index (χ0v) is 20.0. The monoisotopic (exact) mass is 462 g/mol. The van der Waals surface area contributed by atoms with Gasteiger partial charge >= 0.3 is 6.09 Å². The van der Waals surface area contributed by atoms with Crippen LogP contribution in [0.5, 0.6) is 5.75 Å². The van der Waals surface area contributed by atoms with Gasteiger partial charge in [0.1, 0.15) is 5.75 Å². The molecule has 0 unspecified atom stereocenters. The first kappa shape index (κ1) is 24.9. The molecule has 6 heteroatoms. The molecule has 1 N–H and O–H groups in total. The summed E-state index contributed by atoms with van der Waals surface area (Å²) in [7, 11) is 0. The molecule has 3 aliphatic rings.